The molecule has 0 unspecified atom stereocenters. The van der Waals surface area contributed by atoms with E-state index in [4.69, 9.17) is 4.74 Å². The van der Waals surface area contributed by atoms with Crippen LogP contribution in [0.3, 0.4) is 0 Å². The Bertz CT molecular complexity index is 339. The molecule has 0 saturated carbocycles. The summed E-state index contributed by atoms with van der Waals surface area (Å²) in [5, 5.41) is 0. The Labute approximate surface area is 91.0 Å². The smallest absolute Gasteiger partial charge is 0.354 e. The predicted molar refractivity (Wildman–Crippen MR) is 60.0 cm³/mol. The first-order chi connectivity index (χ1) is 7.10. The Balaban J connectivity index is 3.00. The van der Waals surface area contributed by atoms with Crippen molar-refractivity contribution in [2.24, 2.45) is 5.92 Å². The lowest BCUT2D eigenvalue weighted by Crippen LogP contribution is -2.12. The molecule has 0 radical (unpaired) electrons. The minimum Gasteiger partial charge on any atom is -0.464 e. The zero-order valence-corrected chi connectivity index (χ0v) is 9.91. The number of methoxy groups -OCH3 is 1. The third-order valence-electron chi connectivity index (χ3n) is 2.40. The highest BCUT2D eigenvalue weighted by atomic mass is 16.5. The van der Waals surface area contributed by atoms with E-state index in [2.05, 4.69) is 13.8 Å². The van der Waals surface area contributed by atoms with E-state index in [1.165, 1.54) is 12.8 Å². The molecule has 0 aliphatic rings. The van der Waals surface area contributed by atoms with Crippen molar-refractivity contribution in [3.63, 3.8) is 0 Å². The predicted octanol–water partition coefficient (Wildman–Crippen LogP) is 2.49. The number of rotatable bonds is 4. The van der Waals surface area contributed by atoms with Crippen molar-refractivity contribution in [3.8, 4) is 0 Å². The summed E-state index contributed by atoms with van der Waals surface area (Å²) in [5.74, 6) is 0.336. The van der Waals surface area contributed by atoms with Gasteiger partial charge in [-0.2, -0.15) is 0 Å². The van der Waals surface area contributed by atoms with E-state index in [-0.39, 0.29) is 5.97 Å². The molecule has 1 aromatic heterocycles. The average molecular weight is 209 g/mol. The van der Waals surface area contributed by atoms with Gasteiger partial charge in [0.05, 0.1) is 7.11 Å². The van der Waals surface area contributed by atoms with Gasteiger partial charge in [0, 0.05) is 12.2 Å². The van der Waals surface area contributed by atoms with Crippen LogP contribution in [0.4, 0.5) is 0 Å². The van der Waals surface area contributed by atoms with Crippen LogP contribution in [-0.2, 0) is 17.7 Å². The van der Waals surface area contributed by atoms with Crippen LogP contribution in [0.2, 0.25) is 0 Å². The average Bonchev–Trinajstić information content (AvgIpc) is 2.58. The Morgan fingerprint density at radius 3 is 2.60 bits per heavy atom. The van der Waals surface area contributed by atoms with E-state index in [1.54, 1.807) is 0 Å². The molecule has 0 N–H and O–H groups in total. The molecule has 0 saturated heterocycles. The minimum absolute atomic E-state index is 0.258. The van der Waals surface area contributed by atoms with Gasteiger partial charge < -0.3 is 9.30 Å². The molecule has 0 aromatic carbocycles. The van der Waals surface area contributed by atoms with Crippen molar-refractivity contribution in [1.82, 2.24) is 4.57 Å². The molecule has 0 atom stereocenters. The summed E-state index contributed by atoms with van der Waals surface area (Å²) in [6, 6.07) is 3.85. The Hall–Kier alpha value is -1.25. The molecule has 0 aliphatic carbocycles. The van der Waals surface area contributed by atoms with E-state index in [0.29, 0.717) is 11.6 Å². The van der Waals surface area contributed by atoms with Crippen molar-refractivity contribution in [2.75, 3.05) is 7.11 Å². The van der Waals surface area contributed by atoms with Gasteiger partial charge in [-0.25, -0.2) is 4.79 Å². The summed E-state index contributed by atoms with van der Waals surface area (Å²) in [5.41, 5.74) is 1.85. The van der Waals surface area contributed by atoms with E-state index >= 15 is 0 Å². The van der Waals surface area contributed by atoms with Gasteiger partial charge in [0.1, 0.15) is 5.69 Å². The van der Waals surface area contributed by atoms with Crippen molar-refractivity contribution in [2.45, 2.75) is 33.7 Å². The van der Waals surface area contributed by atoms with Gasteiger partial charge in [0.2, 0.25) is 0 Å². The number of ether oxygens (including phenoxy) is 1. The van der Waals surface area contributed by atoms with Crippen LogP contribution in [0.15, 0.2) is 12.1 Å². The zero-order chi connectivity index (χ0) is 11.4. The first-order valence-corrected chi connectivity index (χ1v) is 5.36. The number of aromatic nitrogens is 1. The normalized spacial score (nSPS) is 10.7. The fourth-order valence-corrected chi connectivity index (χ4v) is 1.76. The van der Waals surface area contributed by atoms with Gasteiger partial charge in [-0.15, -0.1) is 0 Å². The lowest BCUT2D eigenvalue weighted by Gasteiger charge is -2.11. The maximum Gasteiger partial charge on any atom is 0.354 e. The summed E-state index contributed by atoms with van der Waals surface area (Å²) < 4.78 is 6.76. The van der Waals surface area contributed by atoms with E-state index in [1.807, 2.05) is 23.6 Å². The van der Waals surface area contributed by atoms with Crippen LogP contribution in [-0.4, -0.2) is 17.6 Å². The van der Waals surface area contributed by atoms with Crippen LogP contribution in [0.1, 0.15) is 37.0 Å². The summed E-state index contributed by atoms with van der Waals surface area (Å²) in [4.78, 5) is 11.4. The lowest BCUT2D eigenvalue weighted by molar-refractivity contribution is 0.0588. The van der Waals surface area contributed by atoms with Gasteiger partial charge in [-0.05, 0) is 31.4 Å². The monoisotopic (exact) mass is 209 g/mol. The fraction of sp³-hybridized carbons (Fsp3) is 0.583. The highest BCUT2D eigenvalue weighted by molar-refractivity contribution is 5.87. The van der Waals surface area contributed by atoms with Crippen LogP contribution < -0.4 is 0 Å². The molecule has 0 fully saturated rings. The standard InChI is InChI=1S/C12H19NO2/c1-5-13-10(8-9(2)3)6-7-11(13)12(14)15-4/h6-7,9H,5,8H2,1-4H3. The molecular weight excluding hydrogens is 190 g/mol. The van der Waals surface area contributed by atoms with Gasteiger partial charge in [-0.3, -0.25) is 0 Å². The van der Waals surface area contributed by atoms with Crippen molar-refractivity contribution >= 4 is 5.97 Å². The summed E-state index contributed by atoms with van der Waals surface area (Å²) in [6.45, 7) is 7.19. The summed E-state index contributed by atoms with van der Waals surface area (Å²) in [7, 11) is 1.41. The van der Waals surface area contributed by atoms with E-state index < -0.39 is 0 Å². The highest BCUT2D eigenvalue weighted by Crippen LogP contribution is 2.14. The highest BCUT2D eigenvalue weighted by Gasteiger charge is 2.14. The molecule has 15 heavy (non-hydrogen) atoms. The van der Waals surface area contributed by atoms with Crippen molar-refractivity contribution < 1.29 is 9.53 Å². The number of carbonyl (C=O) groups is 1. The largest absolute Gasteiger partial charge is 0.464 e. The minimum atomic E-state index is -0.258. The number of carbonyl (C=O) groups excluding carboxylic acids is 1. The topological polar surface area (TPSA) is 31.2 Å². The quantitative estimate of drug-likeness (QED) is 0.713. The van der Waals surface area contributed by atoms with E-state index in [0.717, 1.165) is 13.0 Å². The molecule has 84 valence electrons. The van der Waals surface area contributed by atoms with Crippen molar-refractivity contribution in [3.05, 3.63) is 23.5 Å². The zero-order valence-electron chi connectivity index (χ0n) is 9.91. The number of hydrogen-bond donors (Lipinski definition) is 0. The second-order valence-electron chi connectivity index (χ2n) is 4.04. The summed E-state index contributed by atoms with van der Waals surface area (Å²) in [6.07, 6.45) is 0.991. The molecule has 1 heterocycles. The fourth-order valence-electron chi connectivity index (χ4n) is 1.76. The molecule has 3 nitrogen and oxygen atoms in total. The second kappa shape index (κ2) is 5.01. The number of nitrogens with zero attached hydrogens (tertiary/aromatic N) is 1. The first kappa shape index (κ1) is 11.8. The van der Waals surface area contributed by atoms with Crippen molar-refractivity contribution in [1.29, 1.82) is 0 Å². The third-order valence-corrected chi connectivity index (χ3v) is 2.40. The van der Waals surface area contributed by atoms with E-state index in [9.17, 15) is 4.79 Å². The number of hydrogen-bond acceptors (Lipinski definition) is 2. The van der Waals surface area contributed by atoms with Gasteiger partial charge in [-0.1, -0.05) is 13.8 Å². The first-order valence-electron chi connectivity index (χ1n) is 5.36. The maximum absolute atomic E-state index is 11.4. The molecule has 0 bridgehead atoms. The molecule has 3 heteroatoms. The molecule has 0 aliphatic heterocycles. The van der Waals surface area contributed by atoms with Crippen LogP contribution in [0, 0.1) is 5.92 Å². The molecule has 1 rings (SSSR count). The Morgan fingerprint density at radius 1 is 1.47 bits per heavy atom. The Kier molecular flexibility index (Phi) is 3.95. The maximum atomic E-state index is 11.4. The SMILES string of the molecule is CCn1c(CC(C)C)ccc1C(=O)OC. The van der Waals surface area contributed by atoms with Gasteiger partial charge >= 0.3 is 5.97 Å². The molecule has 0 spiro atoms. The van der Waals surface area contributed by atoms with Crippen LogP contribution in [0.5, 0.6) is 0 Å². The second-order valence-corrected chi connectivity index (χ2v) is 4.04. The van der Waals surface area contributed by atoms with Crippen LogP contribution >= 0.6 is 0 Å². The summed E-state index contributed by atoms with van der Waals surface area (Å²) >= 11 is 0. The van der Waals surface area contributed by atoms with Gasteiger partial charge in [0.15, 0.2) is 0 Å². The lowest BCUT2D eigenvalue weighted by atomic mass is 10.1. The van der Waals surface area contributed by atoms with Gasteiger partial charge in [0.25, 0.3) is 0 Å². The Morgan fingerprint density at radius 2 is 2.13 bits per heavy atom. The van der Waals surface area contributed by atoms with Crippen LogP contribution in [0.25, 0.3) is 0 Å². The number of esters is 1. The third kappa shape index (κ3) is 2.61. The molecule has 1 aromatic rings. The molecule has 0 amide bonds. The molecular formula is C12H19NO2.